The number of carboxylic acid groups (broad SMARTS) is 1. The molecule has 0 saturated carbocycles. The molecule has 0 aliphatic carbocycles. The van der Waals surface area contributed by atoms with Gasteiger partial charge in [-0.2, -0.15) is 0 Å². The summed E-state index contributed by atoms with van der Waals surface area (Å²) in [6.45, 7) is 8.51. The maximum atomic E-state index is 11.8. The number of nitrogens with one attached hydrogen (secondary N) is 1. The van der Waals surface area contributed by atoms with Crippen LogP contribution in [0, 0.1) is 11.3 Å². The Balaban J connectivity index is 5.00. The Morgan fingerprint density at radius 1 is 1.22 bits per heavy atom. The molecule has 0 aromatic heterocycles. The van der Waals surface area contributed by atoms with Crippen molar-refractivity contribution < 1.29 is 27.9 Å². The number of carbonyl (C=O) groups is 2. The molecule has 0 rings (SSSR count). The summed E-state index contributed by atoms with van der Waals surface area (Å²) in [5, 5.41) is 12.1. The van der Waals surface area contributed by atoms with E-state index in [0.29, 0.717) is 0 Å². The van der Waals surface area contributed by atoms with Crippen molar-refractivity contribution in [2.45, 2.75) is 53.1 Å². The van der Waals surface area contributed by atoms with Crippen molar-refractivity contribution in [1.29, 1.82) is 0 Å². The Kier molecular flexibility index (Phi) is 7.53. The molecule has 1 amide bonds. The number of hydrogen-bond donors (Lipinski definition) is 2. The van der Waals surface area contributed by atoms with Crippen LogP contribution in [0.2, 0.25) is 0 Å². The number of amides is 1. The summed E-state index contributed by atoms with van der Waals surface area (Å²) in [4.78, 5) is 23.5. The van der Waals surface area contributed by atoms with Crippen LogP contribution in [-0.4, -0.2) is 49.7 Å². The van der Waals surface area contributed by atoms with Crippen LogP contribution in [0.1, 0.15) is 47.5 Å². The summed E-state index contributed by atoms with van der Waals surface area (Å²) in [6, 6.07) is 0. The highest BCUT2D eigenvalue weighted by Crippen LogP contribution is 2.33. The molecular weight excluding hydrogens is 322 g/mol. The average molecular weight is 351 g/mol. The quantitative estimate of drug-likeness (QED) is 0.693. The van der Waals surface area contributed by atoms with E-state index in [2.05, 4.69) is 5.32 Å². The molecule has 0 spiro atoms. The minimum Gasteiger partial charge on any atom is -0.481 e. The third-order valence-corrected chi connectivity index (χ3v) is 4.65. The van der Waals surface area contributed by atoms with Gasteiger partial charge in [-0.15, -0.1) is 0 Å². The highest BCUT2D eigenvalue weighted by Gasteiger charge is 2.42. The lowest BCUT2D eigenvalue weighted by Gasteiger charge is -2.34. The predicted molar refractivity (Wildman–Crippen MR) is 88.1 cm³/mol. The first-order chi connectivity index (χ1) is 10.2. The zero-order chi connectivity index (χ0) is 18.5. The van der Waals surface area contributed by atoms with Crippen LogP contribution in [0.4, 0.5) is 4.79 Å². The SMILES string of the molecule is CC(C)C(CCCS(C)(=O)=O)(CNC(=O)OC(C)(C)C)C(=O)O. The first kappa shape index (κ1) is 21.7. The fraction of sp³-hybridized carbons (Fsp3) is 0.867. The smallest absolute Gasteiger partial charge is 0.407 e. The zero-order valence-corrected chi connectivity index (χ0v) is 15.6. The summed E-state index contributed by atoms with van der Waals surface area (Å²) in [7, 11) is -3.16. The number of ether oxygens (including phenoxy) is 1. The van der Waals surface area contributed by atoms with Crippen molar-refractivity contribution in [1.82, 2.24) is 5.32 Å². The van der Waals surface area contributed by atoms with Gasteiger partial charge in [0.2, 0.25) is 0 Å². The van der Waals surface area contributed by atoms with Crippen molar-refractivity contribution in [2.24, 2.45) is 11.3 Å². The molecule has 1 atom stereocenters. The third kappa shape index (κ3) is 8.20. The van der Waals surface area contributed by atoms with E-state index in [4.69, 9.17) is 4.74 Å². The monoisotopic (exact) mass is 351 g/mol. The summed E-state index contributed by atoms with van der Waals surface area (Å²) >= 11 is 0. The summed E-state index contributed by atoms with van der Waals surface area (Å²) in [5.74, 6) is -1.42. The van der Waals surface area contributed by atoms with Gasteiger partial charge in [-0.05, 0) is 39.5 Å². The van der Waals surface area contributed by atoms with Crippen molar-refractivity contribution >= 4 is 21.9 Å². The molecule has 0 radical (unpaired) electrons. The van der Waals surface area contributed by atoms with E-state index in [9.17, 15) is 23.1 Å². The van der Waals surface area contributed by atoms with E-state index >= 15 is 0 Å². The summed E-state index contributed by atoms with van der Waals surface area (Å²) < 4.78 is 27.6. The van der Waals surface area contributed by atoms with E-state index in [1.807, 2.05) is 0 Å². The average Bonchev–Trinajstić information content (AvgIpc) is 2.28. The van der Waals surface area contributed by atoms with Gasteiger partial charge in [0, 0.05) is 18.6 Å². The number of carbonyl (C=O) groups excluding carboxylic acids is 1. The topological polar surface area (TPSA) is 110 Å². The molecule has 2 N–H and O–H groups in total. The van der Waals surface area contributed by atoms with Gasteiger partial charge in [-0.3, -0.25) is 4.79 Å². The number of aliphatic carboxylic acids is 1. The Morgan fingerprint density at radius 2 is 1.74 bits per heavy atom. The number of sulfone groups is 1. The molecule has 7 nitrogen and oxygen atoms in total. The zero-order valence-electron chi connectivity index (χ0n) is 14.8. The van der Waals surface area contributed by atoms with Crippen molar-refractivity contribution in [2.75, 3.05) is 18.6 Å². The molecule has 23 heavy (non-hydrogen) atoms. The fourth-order valence-electron chi connectivity index (χ4n) is 2.20. The van der Waals surface area contributed by atoms with E-state index in [0.717, 1.165) is 6.26 Å². The Hall–Kier alpha value is -1.31. The van der Waals surface area contributed by atoms with E-state index in [-0.39, 0.29) is 31.1 Å². The molecule has 0 bridgehead atoms. The minimum atomic E-state index is -3.16. The maximum absolute atomic E-state index is 11.8. The highest BCUT2D eigenvalue weighted by atomic mass is 32.2. The first-order valence-corrected chi connectivity index (χ1v) is 9.63. The molecule has 8 heteroatoms. The van der Waals surface area contributed by atoms with Crippen molar-refractivity contribution in [3.8, 4) is 0 Å². The minimum absolute atomic E-state index is 0.0822. The second-order valence-electron chi connectivity index (χ2n) is 7.20. The molecule has 0 aliphatic heterocycles. The molecule has 0 fully saturated rings. The van der Waals surface area contributed by atoms with Crippen LogP contribution >= 0.6 is 0 Å². The van der Waals surface area contributed by atoms with Gasteiger partial charge in [0.1, 0.15) is 15.4 Å². The van der Waals surface area contributed by atoms with Gasteiger partial charge in [-0.1, -0.05) is 13.8 Å². The van der Waals surface area contributed by atoms with Crippen LogP contribution in [0.15, 0.2) is 0 Å². The van der Waals surface area contributed by atoms with Crippen LogP contribution < -0.4 is 5.32 Å². The molecule has 0 saturated heterocycles. The van der Waals surface area contributed by atoms with E-state index < -0.39 is 32.9 Å². The second-order valence-corrected chi connectivity index (χ2v) is 9.46. The van der Waals surface area contributed by atoms with Gasteiger partial charge in [-0.25, -0.2) is 13.2 Å². The van der Waals surface area contributed by atoms with Gasteiger partial charge >= 0.3 is 12.1 Å². The normalized spacial score (nSPS) is 15.1. The number of hydrogen-bond acceptors (Lipinski definition) is 5. The van der Waals surface area contributed by atoms with Crippen LogP contribution in [-0.2, 0) is 19.4 Å². The van der Waals surface area contributed by atoms with E-state index in [1.54, 1.807) is 34.6 Å². The van der Waals surface area contributed by atoms with Crippen molar-refractivity contribution in [3.05, 3.63) is 0 Å². The van der Waals surface area contributed by atoms with Gasteiger partial charge in [0.25, 0.3) is 0 Å². The molecule has 0 aromatic carbocycles. The van der Waals surface area contributed by atoms with Crippen molar-refractivity contribution in [3.63, 3.8) is 0 Å². The Bertz CT molecular complexity index is 521. The number of carboxylic acids is 1. The third-order valence-electron chi connectivity index (χ3n) is 3.62. The van der Waals surface area contributed by atoms with Gasteiger partial charge in [0.15, 0.2) is 0 Å². The lowest BCUT2D eigenvalue weighted by molar-refractivity contribution is -0.152. The van der Waals surface area contributed by atoms with E-state index in [1.165, 1.54) is 0 Å². The van der Waals surface area contributed by atoms with Crippen LogP contribution in [0.5, 0.6) is 0 Å². The first-order valence-electron chi connectivity index (χ1n) is 7.57. The van der Waals surface area contributed by atoms with Crippen LogP contribution in [0.25, 0.3) is 0 Å². The second kappa shape index (κ2) is 7.99. The molecule has 1 unspecified atom stereocenters. The summed E-state index contributed by atoms with van der Waals surface area (Å²) in [5.41, 5.74) is -1.91. The summed E-state index contributed by atoms with van der Waals surface area (Å²) in [6.07, 6.45) is 0.804. The maximum Gasteiger partial charge on any atom is 0.407 e. The molecule has 136 valence electrons. The molecule has 0 aromatic rings. The number of rotatable bonds is 8. The Morgan fingerprint density at radius 3 is 2.09 bits per heavy atom. The lowest BCUT2D eigenvalue weighted by atomic mass is 9.73. The molecule has 0 heterocycles. The highest BCUT2D eigenvalue weighted by molar-refractivity contribution is 7.90. The predicted octanol–water partition coefficient (Wildman–Crippen LogP) is 2.06. The van der Waals surface area contributed by atoms with Gasteiger partial charge in [0.05, 0.1) is 5.41 Å². The standard InChI is InChI=1S/C15H29NO6S/c1-11(2)15(12(17)18,8-7-9-23(6,20)21)10-16-13(19)22-14(3,4)5/h11H,7-10H2,1-6H3,(H,16,19)(H,17,18). The number of alkyl carbamates (subject to hydrolysis) is 1. The molecule has 0 aliphatic rings. The fourth-order valence-corrected chi connectivity index (χ4v) is 2.87. The largest absolute Gasteiger partial charge is 0.481 e. The lowest BCUT2D eigenvalue weighted by Crippen LogP contribution is -2.47. The molecular formula is C15H29NO6S. The van der Waals surface area contributed by atoms with Gasteiger partial charge < -0.3 is 15.2 Å². The van der Waals surface area contributed by atoms with Crippen LogP contribution in [0.3, 0.4) is 0 Å². The Labute approximate surface area is 138 Å².